The maximum Gasteiger partial charge on any atom is 0.239 e. The van der Waals surface area contributed by atoms with Crippen LogP contribution in [0.3, 0.4) is 0 Å². The Hall–Kier alpha value is -0.610. The molecule has 0 radical (unpaired) electrons. The summed E-state index contributed by atoms with van der Waals surface area (Å²) in [5, 5.41) is 12.2. The molecule has 0 aromatic carbocycles. The summed E-state index contributed by atoms with van der Waals surface area (Å²) in [6.07, 6.45) is 4.43. The second-order valence-corrected chi connectivity index (χ2v) is 4.18. The molecule has 14 heavy (non-hydrogen) atoms. The average Bonchev–Trinajstić information content (AvgIpc) is 2.96. The van der Waals surface area contributed by atoms with Crippen molar-refractivity contribution in [1.29, 1.82) is 0 Å². The monoisotopic (exact) mass is 198 g/mol. The maximum absolute atomic E-state index is 11.8. The van der Waals surface area contributed by atoms with Crippen LogP contribution in [0.25, 0.3) is 0 Å². The smallest absolute Gasteiger partial charge is 0.239 e. The van der Waals surface area contributed by atoms with Gasteiger partial charge in [-0.1, -0.05) is 0 Å². The van der Waals surface area contributed by atoms with E-state index in [-0.39, 0.29) is 18.6 Å². The molecule has 0 bridgehead atoms. The van der Waals surface area contributed by atoms with Crippen molar-refractivity contribution in [3.63, 3.8) is 0 Å². The molecule has 1 unspecified atom stereocenters. The van der Waals surface area contributed by atoms with E-state index in [0.29, 0.717) is 12.6 Å². The Morgan fingerprint density at radius 2 is 2.21 bits per heavy atom. The number of amides is 1. The van der Waals surface area contributed by atoms with Crippen LogP contribution in [0, 0.1) is 0 Å². The molecule has 2 fully saturated rings. The van der Waals surface area contributed by atoms with Gasteiger partial charge in [0, 0.05) is 19.1 Å². The Labute approximate surface area is 84.3 Å². The first-order chi connectivity index (χ1) is 6.81. The number of hydrogen-bond donors (Lipinski definition) is 2. The number of hydrogen-bond acceptors (Lipinski definition) is 3. The topological polar surface area (TPSA) is 52.6 Å². The minimum Gasteiger partial charge on any atom is -0.395 e. The summed E-state index contributed by atoms with van der Waals surface area (Å²) in [5.41, 5.74) is 0. The van der Waals surface area contributed by atoms with Crippen molar-refractivity contribution in [2.75, 3.05) is 19.7 Å². The largest absolute Gasteiger partial charge is 0.395 e. The summed E-state index contributed by atoms with van der Waals surface area (Å²) < 4.78 is 0. The zero-order valence-electron chi connectivity index (χ0n) is 8.41. The number of nitrogens with one attached hydrogen (secondary N) is 1. The standard InChI is InChI=1S/C10H18N2O2/c13-7-6-12-5-1-2-9(10(12)14)11-8-3-4-8/h8-9,11,13H,1-7H2. The van der Waals surface area contributed by atoms with Gasteiger partial charge in [0.2, 0.25) is 5.91 Å². The lowest BCUT2D eigenvalue weighted by molar-refractivity contribution is -0.136. The van der Waals surface area contributed by atoms with Crippen molar-refractivity contribution >= 4 is 5.91 Å². The summed E-state index contributed by atoms with van der Waals surface area (Å²) in [5.74, 6) is 0.178. The average molecular weight is 198 g/mol. The van der Waals surface area contributed by atoms with Crippen LogP contribution >= 0.6 is 0 Å². The molecule has 0 spiro atoms. The normalized spacial score (nSPS) is 28.2. The molecule has 2 N–H and O–H groups in total. The highest BCUT2D eigenvalue weighted by atomic mass is 16.3. The van der Waals surface area contributed by atoms with E-state index in [1.54, 1.807) is 4.90 Å². The van der Waals surface area contributed by atoms with Crippen molar-refractivity contribution < 1.29 is 9.90 Å². The van der Waals surface area contributed by atoms with Crippen molar-refractivity contribution in [2.24, 2.45) is 0 Å². The van der Waals surface area contributed by atoms with Crippen LogP contribution < -0.4 is 5.32 Å². The van der Waals surface area contributed by atoms with Crippen molar-refractivity contribution in [1.82, 2.24) is 10.2 Å². The predicted octanol–water partition coefficient (Wildman–Crippen LogP) is -0.278. The Kier molecular flexibility index (Phi) is 3.03. The van der Waals surface area contributed by atoms with Crippen LogP contribution in [-0.2, 0) is 4.79 Å². The Balaban J connectivity index is 1.86. The number of rotatable bonds is 4. The number of aliphatic hydroxyl groups is 1. The predicted molar refractivity (Wildman–Crippen MR) is 52.8 cm³/mol. The highest BCUT2D eigenvalue weighted by Crippen LogP contribution is 2.22. The molecule has 4 nitrogen and oxygen atoms in total. The lowest BCUT2D eigenvalue weighted by Crippen LogP contribution is -2.51. The van der Waals surface area contributed by atoms with Crippen LogP contribution in [0.2, 0.25) is 0 Å². The SMILES string of the molecule is O=C1C(NC2CC2)CCCN1CCO. The Bertz CT molecular complexity index is 214. The van der Waals surface area contributed by atoms with E-state index >= 15 is 0 Å². The Morgan fingerprint density at radius 1 is 1.43 bits per heavy atom. The van der Waals surface area contributed by atoms with Gasteiger partial charge in [-0.3, -0.25) is 4.79 Å². The first kappa shape index (κ1) is 9.93. The third-order valence-electron chi connectivity index (χ3n) is 2.91. The molecular formula is C10H18N2O2. The summed E-state index contributed by atoms with van der Waals surface area (Å²) in [4.78, 5) is 13.6. The van der Waals surface area contributed by atoms with Crippen molar-refractivity contribution in [3.8, 4) is 0 Å². The van der Waals surface area contributed by atoms with E-state index < -0.39 is 0 Å². The zero-order chi connectivity index (χ0) is 9.97. The summed E-state index contributed by atoms with van der Waals surface area (Å²) in [6.45, 7) is 1.37. The highest BCUT2D eigenvalue weighted by Gasteiger charge is 2.32. The number of carbonyl (C=O) groups is 1. The molecule has 1 saturated heterocycles. The van der Waals surface area contributed by atoms with Crippen molar-refractivity contribution in [2.45, 2.75) is 37.8 Å². The van der Waals surface area contributed by atoms with Crippen LogP contribution in [0.1, 0.15) is 25.7 Å². The van der Waals surface area contributed by atoms with E-state index in [1.165, 1.54) is 12.8 Å². The molecule has 2 rings (SSSR count). The van der Waals surface area contributed by atoms with Crippen LogP contribution in [-0.4, -0.2) is 47.7 Å². The summed E-state index contributed by atoms with van der Waals surface area (Å²) in [7, 11) is 0. The maximum atomic E-state index is 11.8. The molecule has 1 aliphatic carbocycles. The third-order valence-corrected chi connectivity index (χ3v) is 2.91. The number of nitrogens with zero attached hydrogens (tertiary/aromatic N) is 1. The molecule has 1 atom stereocenters. The second kappa shape index (κ2) is 4.28. The van der Waals surface area contributed by atoms with Crippen LogP contribution in [0.4, 0.5) is 0 Å². The molecule has 1 amide bonds. The molecule has 0 aromatic heterocycles. The fourth-order valence-electron chi connectivity index (χ4n) is 1.97. The minimum atomic E-state index is 0.0165. The van der Waals surface area contributed by atoms with E-state index in [4.69, 9.17) is 5.11 Å². The van der Waals surface area contributed by atoms with Gasteiger partial charge in [0.1, 0.15) is 0 Å². The van der Waals surface area contributed by atoms with Gasteiger partial charge in [0.05, 0.1) is 12.6 Å². The van der Waals surface area contributed by atoms with E-state index in [2.05, 4.69) is 5.32 Å². The van der Waals surface area contributed by atoms with E-state index in [9.17, 15) is 4.79 Å². The van der Waals surface area contributed by atoms with Gasteiger partial charge in [-0.05, 0) is 25.7 Å². The number of aliphatic hydroxyl groups excluding tert-OH is 1. The summed E-state index contributed by atoms with van der Waals surface area (Å²) in [6, 6.07) is 0.598. The highest BCUT2D eigenvalue weighted by molar-refractivity contribution is 5.82. The van der Waals surface area contributed by atoms with Crippen molar-refractivity contribution in [3.05, 3.63) is 0 Å². The lowest BCUT2D eigenvalue weighted by atomic mass is 10.0. The molecule has 0 aromatic rings. The van der Waals surface area contributed by atoms with Gasteiger partial charge in [-0.25, -0.2) is 0 Å². The molecule has 1 heterocycles. The molecule has 4 heteroatoms. The molecule has 1 aliphatic heterocycles. The zero-order valence-corrected chi connectivity index (χ0v) is 8.41. The lowest BCUT2D eigenvalue weighted by Gasteiger charge is -2.32. The third kappa shape index (κ3) is 2.25. The number of β-amino-alcohol motifs (C(OH)–C–C–N with tert-alkyl or cyclic N) is 1. The minimum absolute atomic E-state index is 0.0165. The molecule has 2 aliphatic rings. The fourth-order valence-corrected chi connectivity index (χ4v) is 1.97. The molecular weight excluding hydrogens is 180 g/mol. The quantitative estimate of drug-likeness (QED) is 0.653. The van der Waals surface area contributed by atoms with Gasteiger partial charge in [-0.15, -0.1) is 0 Å². The van der Waals surface area contributed by atoms with Gasteiger partial charge in [-0.2, -0.15) is 0 Å². The van der Waals surface area contributed by atoms with E-state index in [0.717, 1.165) is 19.4 Å². The molecule has 1 saturated carbocycles. The second-order valence-electron chi connectivity index (χ2n) is 4.18. The van der Waals surface area contributed by atoms with Crippen LogP contribution in [0.15, 0.2) is 0 Å². The Morgan fingerprint density at radius 3 is 2.86 bits per heavy atom. The van der Waals surface area contributed by atoms with Gasteiger partial charge in [0.25, 0.3) is 0 Å². The number of likely N-dealkylation sites (tertiary alicyclic amines) is 1. The van der Waals surface area contributed by atoms with Gasteiger partial charge < -0.3 is 15.3 Å². The molecule has 80 valence electrons. The number of piperidine rings is 1. The first-order valence-corrected chi connectivity index (χ1v) is 5.47. The first-order valence-electron chi connectivity index (χ1n) is 5.47. The fraction of sp³-hybridized carbons (Fsp3) is 0.900. The summed E-state index contributed by atoms with van der Waals surface area (Å²) >= 11 is 0. The van der Waals surface area contributed by atoms with Gasteiger partial charge in [0.15, 0.2) is 0 Å². The number of carbonyl (C=O) groups excluding carboxylic acids is 1. The van der Waals surface area contributed by atoms with Gasteiger partial charge >= 0.3 is 0 Å². The van der Waals surface area contributed by atoms with Crippen LogP contribution in [0.5, 0.6) is 0 Å². The van der Waals surface area contributed by atoms with E-state index in [1.807, 2.05) is 0 Å².